The number of amides is 1. The Labute approximate surface area is 275 Å². The zero-order valence-corrected chi connectivity index (χ0v) is 27.0. The normalized spacial score (nSPS) is 12.6. The number of hydrogen-bond acceptors (Lipinski definition) is 4. The van der Waals surface area contributed by atoms with Gasteiger partial charge in [0.05, 0.1) is 26.5 Å². The summed E-state index contributed by atoms with van der Waals surface area (Å²) >= 11 is 13.4. The maximum atomic E-state index is 14.2. The summed E-state index contributed by atoms with van der Waals surface area (Å²) in [7, 11) is 0. The topological polar surface area (TPSA) is 79.8 Å². The van der Waals surface area contributed by atoms with Crippen LogP contribution in [0.3, 0.4) is 0 Å². The summed E-state index contributed by atoms with van der Waals surface area (Å²) in [5, 5.41) is 13.7. The molecule has 234 valence electrons. The SMILES string of the molecule is CCc1ccc(NC(=O)/C(C#N)=c2\s/c(=C\c3cc(C)n(-c4cc(Cl)ccc4Cl)c3C)c(=O)n2-c2ccccc2C(F)(F)F)cc1. The van der Waals surface area contributed by atoms with Crippen molar-refractivity contribution in [1.82, 2.24) is 9.13 Å². The zero-order valence-electron chi connectivity index (χ0n) is 24.7. The van der Waals surface area contributed by atoms with Gasteiger partial charge < -0.3 is 9.88 Å². The highest BCUT2D eigenvalue weighted by Gasteiger charge is 2.34. The molecule has 1 N–H and O–H groups in total. The predicted molar refractivity (Wildman–Crippen MR) is 176 cm³/mol. The number of aromatic nitrogens is 2. The fraction of sp³-hybridized carbons (Fsp3) is 0.147. The quantitative estimate of drug-likeness (QED) is 0.204. The number of thiazole rings is 1. The molecule has 6 nitrogen and oxygen atoms in total. The Morgan fingerprint density at radius 2 is 1.70 bits per heavy atom. The van der Waals surface area contributed by atoms with Crippen molar-refractivity contribution in [2.75, 3.05) is 5.32 Å². The third kappa shape index (κ3) is 6.40. The van der Waals surface area contributed by atoms with E-state index in [-0.39, 0.29) is 9.20 Å². The monoisotopic (exact) mass is 680 g/mol. The van der Waals surface area contributed by atoms with Crippen molar-refractivity contribution >= 4 is 57.8 Å². The van der Waals surface area contributed by atoms with E-state index in [1.165, 1.54) is 18.2 Å². The molecular weight excluding hydrogens is 656 g/mol. The molecule has 0 saturated heterocycles. The number of alkyl halides is 3. The minimum atomic E-state index is -4.82. The van der Waals surface area contributed by atoms with Crippen molar-refractivity contribution < 1.29 is 18.0 Å². The van der Waals surface area contributed by atoms with Crippen LogP contribution in [-0.2, 0) is 17.4 Å². The minimum Gasteiger partial charge on any atom is -0.321 e. The average molecular weight is 682 g/mol. The van der Waals surface area contributed by atoms with E-state index in [2.05, 4.69) is 5.32 Å². The molecule has 46 heavy (non-hydrogen) atoms. The second-order valence-corrected chi connectivity index (χ2v) is 12.2. The van der Waals surface area contributed by atoms with Crippen molar-refractivity contribution in [2.45, 2.75) is 33.4 Å². The minimum absolute atomic E-state index is 0.0114. The molecule has 0 bridgehead atoms. The standard InChI is InChI=1S/C34H25Cl2F3N4O2S/c1-4-21-9-12-24(13-10-21)41-31(44)25(18-40)33-43(28-8-6-5-7-26(28)34(37,38)39)32(45)30(46-33)16-22-15-19(2)42(20(22)3)29-17-23(35)11-14-27(29)36/h5-17H,4H2,1-3H3,(H,41,44)/b30-16-,33-25-. The number of carbonyl (C=O) groups excluding carboxylic acids is 1. The van der Waals surface area contributed by atoms with Crippen LogP contribution >= 0.6 is 34.5 Å². The molecule has 3 aromatic carbocycles. The Balaban J connectivity index is 1.78. The first-order valence-electron chi connectivity index (χ1n) is 13.9. The van der Waals surface area contributed by atoms with Crippen molar-refractivity contribution in [3.8, 4) is 17.4 Å². The first-order valence-corrected chi connectivity index (χ1v) is 15.5. The Hall–Kier alpha value is -4.56. The fourth-order valence-corrected chi connectivity index (χ4v) is 6.55. The lowest BCUT2D eigenvalue weighted by Crippen LogP contribution is -2.33. The van der Waals surface area contributed by atoms with E-state index < -0.39 is 34.5 Å². The first-order chi connectivity index (χ1) is 21.8. The molecule has 0 aliphatic heterocycles. The van der Waals surface area contributed by atoms with Crippen molar-refractivity contribution in [3.05, 3.63) is 130 Å². The molecule has 0 spiro atoms. The molecule has 0 saturated carbocycles. The first kappa shape index (κ1) is 32.8. The summed E-state index contributed by atoms with van der Waals surface area (Å²) in [6.45, 7) is 5.60. The van der Waals surface area contributed by atoms with Gasteiger partial charge in [-0.3, -0.25) is 14.2 Å². The smallest absolute Gasteiger partial charge is 0.321 e. The van der Waals surface area contributed by atoms with E-state index in [4.69, 9.17) is 23.2 Å². The Bertz CT molecular complexity index is 2210. The highest BCUT2D eigenvalue weighted by atomic mass is 35.5. The molecule has 0 atom stereocenters. The third-order valence-corrected chi connectivity index (χ3v) is 9.00. The van der Waals surface area contributed by atoms with E-state index in [9.17, 15) is 28.0 Å². The number of aryl methyl sites for hydroxylation is 2. The molecule has 0 aliphatic rings. The van der Waals surface area contributed by atoms with Crippen LogP contribution < -0.4 is 20.1 Å². The molecule has 2 heterocycles. The van der Waals surface area contributed by atoms with Crippen LogP contribution in [0.15, 0.2) is 77.6 Å². The molecule has 0 radical (unpaired) electrons. The fourth-order valence-electron chi connectivity index (χ4n) is 5.09. The second kappa shape index (κ2) is 13.0. The van der Waals surface area contributed by atoms with Gasteiger partial charge in [-0.05, 0) is 86.0 Å². The number of anilines is 1. The second-order valence-electron chi connectivity index (χ2n) is 10.3. The lowest BCUT2D eigenvalue weighted by Gasteiger charge is -2.13. The summed E-state index contributed by atoms with van der Waals surface area (Å²) in [6, 6.07) is 20.1. The number of nitriles is 1. The van der Waals surface area contributed by atoms with E-state index in [1.54, 1.807) is 43.3 Å². The Morgan fingerprint density at radius 1 is 1.00 bits per heavy atom. The molecule has 0 aliphatic carbocycles. The maximum absolute atomic E-state index is 14.2. The van der Waals surface area contributed by atoms with Crippen LogP contribution in [0.2, 0.25) is 10.0 Å². The van der Waals surface area contributed by atoms with Gasteiger partial charge in [-0.1, -0.05) is 54.4 Å². The van der Waals surface area contributed by atoms with Gasteiger partial charge in [0.15, 0.2) is 5.57 Å². The van der Waals surface area contributed by atoms with E-state index in [0.29, 0.717) is 32.7 Å². The molecule has 0 unspecified atom stereocenters. The number of nitrogens with one attached hydrogen (secondary N) is 1. The molecule has 0 fully saturated rings. The Kier molecular flexibility index (Phi) is 9.31. The molecular formula is C34H25Cl2F3N4O2S. The summed E-state index contributed by atoms with van der Waals surface area (Å²) < 4.78 is 44.9. The van der Waals surface area contributed by atoms with E-state index in [1.807, 2.05) is 36.6 Å². The molecule has 12 heteroatoms. The largest absolute Gasteiger partial charge is 0.418 e. The van der Waals surface area contributed by atoms with Crippen LogP contribution in [0.1, 0.15) is 35.0 Å². The summed E-state index contributed by atoms with van der Waals surface area (Å²) in [6.07, 6.45) is -2.52. The van der Waals surface area contributed by atoms with Crippen LogP contribution in [0.25, 0.3) is 23.0 Å². The van der Waals surface area contributed by atoms with Crippen molar-refractivity contribution in [2.24, 2.45) is 0 Å². The third-order valence-electron chi connectivity index (χ3n) is 7.35. The number of para-hydroxylation sites is 1. The molecule has 5 rings (SSSR count). The Morgan fingerprint density at radius 3 is 2.35 bits per heavy atom. The van der Waals surface area contributed by atoms with Gasteiger partial charge in [0.1, 0.15) is 10.7 Å². The van der Waals surface area contributed by atoms with E-state index in [0.717, 1.165) is 45.7 Å². The van der Waals surface area contributed by atoms with Gasteiger partial charge in [0.2, 0.25) is 0 Å². The summed E-state index contributed by atoms with van der Waals surface area (Å²) in [5.41, 5.74) is 1.08. The van der Waals surface area contributed by atoms with Crippen LogP contribution in [0.5, 0.6) is 0 Å². The average Bonchev–Trinajstić information content (AvgIpc) is 3.48. The number of nitrogens with zero attached hydrogens (tertiary/aromatic N) is 3. The van der Waals surface area contributed by atoms with Gasteiger partial charge in [-0.15, -0.1) is 11.3 Å². The van der Waals surface area contributed by atoms with E-state index >= 15 is 0 Å². The number of benzene rings is 3. The number of carbonyl (C=O) groups is 1. The number of rotatable bonds is 6. The van der Waals surface area contributed by atoms with Gasteiger partial charge in [-0.2, -0.15) is 18.4 Å². The highest BCUT2D eigenvalue weighted by Crippen LogP contribution is 2.33. The zero-order chi connectivity index (χ0) is 33.3. The van der Waals surface area contributed by atoms with Crippen LogP contribution in [-0.4, -0.2) is 15.0 Å². The van der Waals surface area contributed by atoms with Gasteiger partial charge >= 0.3 is 6.18 Å². The van der Waals surface area contributed by atoms with Gasteiger partial charge in [0, 0.05) is 22.1 Å². The maximum Gasteiger partial charge on any atom is 0.418 e. The highest BCUT2D eigenvalue weighted by molar-refractivity contribution is 7.07. The van der Waals surface area contributed by atoms with Gasteiger partial charge in [-0.25, -0.2) is 0 Å². The van der Waals surface area contributed by atoms with Crippen molar-refractivity contribution in [3.63, 3.8) is 0 Å². The van der Waals surface area contributed by atoms with Gasteiger partial charge in [0.25, 0.3) is 11.5 Å². The molecule has 5 aromatic rings. The predicted octanol–water partition coefficient (Wildman–Crippen LogP) is 7.34. The summed E-state index contributed by atoms with van der Waals surface area (Å²) in [5.74, 6) is -0.869. The molecule has 1 amide bonds. The lowest BCUT2D eigenvalue weighted by atomic mass is 10.1. The van der Waals surface area contributed by atoms with Crippen LogP contribution in [0, 0.1) is 25.2 Å². The molecule has 2 aromatic heterocycles. The lowest BCUT2D eigenvalue weighted by molar-refractivity contribution is -0.137. The van der Waals surface area contributed by atoms with Crippen molar-refractivity contribution in [1.29, 1.82) is 5.26 Å². The number of halogens is 5. The summed E-state index contributed by atoms with van der Waals surface area (Å²) in [4.78, 5) is 27.4. The number of hydrogen-bond donors (Lipinski definition) is 1. The van der Waals surface area contributed by atoms with Crippen LogP contribution in [0.4, 0.5) is 18.9 Å².